The predicted molar refractivity (Wildman–Crippen MR) is 99.9 cm³/mol. The number of ether oxygens (including phenoxy) is 2. The molecule has 5 rings (SSSR count). The summed E-state index contributed by atoms with van der Waals surface area (Å²) < 4.78 is 11.9. The first-order chi connectivity index (χ1) is 12.3. The highest BCUT2D eigenvalue weighted by Gasteiger charge is 2.72. The second kappa shape index (κ2) is 5.56. The molecule has 8 atom stereocenters. The van der Waals surface area contributed by atoms with Gasteiger partial charge in [0.15, 0.2) is 0 Å². The number of hydrogen-bond donors (Lipinski definition) is 0. The molecule has 0 radical (unpaired) electrons. The highest BCUT2D eigenvalue weighted by Crippen LogP contribution is 2.71. The monoisotopic (exact) mass is 424 g/mol. The molecule has 0 aromatic rings. The van der Waals surface area contributed by atoms with E-state index in [1.165, 1.54) is 6.92 Å². The number of hydrogen-bond acceptors (Lipinski definition) is 4. The van der Waals surface area contributed by atoms with Gasteiger partial charge in [-0.05, 0) is 56.3 Å². The van der Waals surface area contributed by atoms with E-state index in [9.17, 15) is 9.59 Å². The van der Waals surface area contributed by atoms with Gasteiger partial charge < -0.3 is 9.47 Å². The van der Waals surface area contributed by atoms with Crippen LogP contribution in [0.25, 0.3) is 0 Å². The van der Waals surface area contributed by atoms with Crippen LogP contribution in [-0.2, 0) is 19.1 Å². The van der Waals surface area contributed by atoms with Crippen LogP contribution >= 0.6 is 15.9 Å². The van der Waals surface area contributed by atoms with Gasteiger partial charge in [-0.1, -0.05) is 22.9 Å². The second-order valence-electron chi connectivity index (χ2n) is 9.82. The predicted octanol–water partition coefficient (Wildman–Crippen LogP) is 4.04. The minimum absolute atomic E-state index is 0.00247. The minimum Gasteiger partial charge on any atom is -0.463 e. The van der Waals surface area contributed by atoms with Gasteiger partial charge in [0.1, 0.15) is 11.9 Å². The maximum atomic E-state index is 12.6. The van der Waals surface area contributed by atoms with Gasteiger partial charge >= 0.3 is 5.97 Å². The van der Waals surface area contributed by atoms with Gasteiger partial charge in [0.05, 0.1) is 17.0 Å². The van der Waals surface area contributed by atoms with Crippen molar-refractivity contribution in [1.82, 2.24) is 0 Å². The molecule has 0 amide bonds. The zero-order valence-corrected chi connectivity index (χ0v) is 17.3. The zero-order valence-electron chi connectivity index (χ0n) is 15.8. The molecule has 5 fully saturated rings. The van der Waals surface area contributed by atoms with Crippen molar-refractivity contribution in [3.63, 3.8) is 0 Å². The summed E-state index contributed by atoms with van der Waals surface area (Å²) in [5.41, 5.74) is 0.0582. The molecule has 0 spiro atoms. The van der Waals surface area contributed by atoms with Crippen LogP contribution in [0.1, 0.15) is 65.2 Å². The Bertz CT molecular complexity index is 664. The average molecular weight is 425 g/mol. The molecule has 0 aromatic heterocycles. The molecule has 5 heteroatoms. The summed E-state index contributed by atoms with van der Waals surface area (Å²) in [6, 6.07) is 0. The number of esters is 1. The van der Waals surface area contributed by atoms with Crippen molar-refractivity contribution in [1.29, 1.82) is 0 Å². The number of ketones is 1. The molecular formula is C21H29BrO4. The van der Waals surface area contributed by atoms with E-state index in [2.05, 4.69) is 22.9 Å². The quantitative estimate of drug-likeness (QED) is 0.470. The first-order valence-electron chi connectivity index (χ1n) is 10.3. The van der Waals surface area contributed by atoms with Gasteiger partial charge in [-0.3, -0.25) is 9.59 Å². The van der Waals surface area contributed by atoms with Crippen LogP contribution in [0.4, 0.5) is 0 Å². The zero-order chi connectivity index (χ0) is 18.3. The third-order valence-corrected chi connectivity index (χ3v) is 10.6. The molecule has 4 saturated carbocycles. The topological polar surface area (TPSA) is 52.6 Å². The third kappa shape index (κ3) is 2.05. The maximum absolute atomic E-state index is 12.6. The Kier molecular flexibility index (Phi) is 3.78. The Morgan fingerprint density at radius 2 is 2.04 bits per heavy atom. The van der Waals surface area contributed by atoms with Crippen LogP contribution in [0.3, 0.4) is 0 Å². The van der Waals surface area contributed by atoms with E-state index >= 15 is 0 Å². The lowest BCUT2D eigenvalue weighted by Gasteiger charge is -2.62. The number of carbonyl (C=O) groups excluding carboxylic acids is 2. The van der Waals surface area contributed by atoms with Gasteiger partial charge in [0, 0.05) is 30.6 Å². The lowest BCUT2D eigenvalue weighted by atomic mass is 9.45. The van der Waals surface area contributed by atoms with Crippen molar-refractivity contribution in [3.05, 3.63) is 0 Å². The number of Topliss-reactive ketones (excluding diaryl/α,β-unsaturated/α-hetero) is 1. The molecule has 1 heterocycles. The summed E-state index contributed by atoms with van der Waals surface area (Å²) in [6.45, 7) is 4.57. The molecule has 5 aliphatic rings. The maximum Gasteiger partial charge on any atom is 0.302 e. The van der Waals surface area contributed by atoms with E-state index in [-0.39, 0.29) is 33.3 Å². The standard InChI is InChI=1S/C21H29BrO4/c1-12(23)26-13-5-8-20-11-25-18(21(20,22)10-13)9-14-15-3-4-17(24)19(15,2)7-6-16(14)20/h13-16,18H,3-11H2,1-2H3/t13-,14-,15-,16-,18-,19-,20-,21-/m0/s1. The normalized spacial score (nSPS) is 55.0. The number of carbonyl (C=O) groups is 2. The van der Waals surface area contributed by atoms with E-state index in [0.29, 0.717) is 23.5 Å². The number of halogens is 1. The summed E-state index contributed by atoms with van der Waals surface area (Å²) in [5, 5.41) is 0. The molecule has 4 nitrogen and oxygen atoms in total. The second-order valence-corrected chi connectivity index (χ2v) is 11.2. The lowest BCUT2D eigenvalue weighted by Crippen LogP contribution is -2.63. The van der Waals surface area contributed by atoms with Gasteiger partial charge in [-0.2, -0.15) is 0 Å². The van der Waals surface area contributed by atoms with Crippen LogP contribution in [0, 0.1) is 28.6 Å². The largest absolute Gasteiger partial charge is 0.463 e. The van der Waals surface area contributed by atoms with Crippen molar-refractivity contribution in [2.75, 3.05) is 6.61 Å². The van der Waals surface area contributed by atoms with E-state index in [1.807, 2.05) is 0 Å². The molecule has 2 bridgehead atoms. The van der Waals surface area contributed by atoms with E-state index < -0.39 is 0 Å². The molecule has 26 heavy (non-hydrogen) atoms. The summed E-state index contributed by atoms with van der Waals surface area (Å²) in [6.07, 6.45) is 8.13. The van der Waals surface area contributed by atoms with E-state index in [1.54, 1.807) is 0 Å². The first-order valence-corrected chi connectivity index (χ1v) is 11.1. The van der Waals surface area contributed by atoms with Crippen molar-refractivity contribution in [3.8, 4) is 0 Å². The van der Waals surface area contributed by atoms with Crippen LogP contribution in [0.15, 0.2) is 0 Å². The van der Waals surface area contributed by atoms with Crippen LogP contribution in [-0.4, -0.2) is 34.9 Å². The van der Waals surface area contributed by atoms with Gasteiger partial charge in [-0.25, -0.2) is 0 Å². The molecule has 1 aliphatic heterocycles. The van der Waals surface area contributed by atoms with Crippen molar-refractivity contribution >= 4 is 27.7 Å². The van der Waals surface area contributed by atoms with Gasteiger partial charge in [0.25, 0.3) is 0 Å². The summed E-state index contributed by atoms with van der Waals surface area (Å²) >= 11 is 4.16. The van der Waals surface area contributed by atoms with Gasteiger partial charge in [-0.15, -0.1) is 0 Å². The Morgan fingerprint density at radius 1 is 1.23 bits per heavy atom. The Balaban J connectivity index is 1.48. The van der Waals surface area contributed by atoms with E-state index in [0.717, 1.165) is 58.0 Å². The summed E-state index contributed by atoms with van der Waals surface area (Å²) in [4.78, 5) is 24.1. The molecule has 0 N–H and O–H groups in total. The fraction of sp³-hybridized carbons (Fsp3) is 0.905. The fourth-order valence-electron chi connectivity index (χ4n) is 7.80. The van der Waals surface area contributed by atoms with Crippen LogP contribution in [0.2, 0.25) is 0 Å². The summed E-state index contributed by atoms with van der Waals surface area (Å²) in [7, 11) is 0. The molecule has 0 aromatic carbocycles. The van der Waals surface area contributed by atoms with Crippen LogP contribution in [0.5, 0.6) is 0 Å². The van der Waals surface area contributed by atoms with Crippen LogP contribution < -0.4 is 0 Å². The SMILES string of the molecule is CC(=O)O[C@H]1CC[C@]23CO[C@@H](C[C@@H]4[C@@H]2CC[C@]2(C)C(=O)CC[C@@H]42)[C@@]3(Br)C1. The van der Waals surface area contributed by atoms with E-state index in [4.69, 9.17) is 9.47 Å². The average Bonchev–Trinajstić information content (AvgIpc) is 2.95. The number of alkyl halides is 1. The summed E-state index contributed by atoms with van der Waals surface area (Å²) in [5.74, 6) is 2.10. The molecular weight excluding hydrogens is 396 g/mol. The Labute approximate surface area is 163 Å². The molecule has 144 valence electrons. The lowest BCUT2D eigenvalue weighted by molar-refractivity contribution is -0.154. The first kappa shape index (κ1) is 17.7. The smallest absolute Gasteiger partial charge is 0.302 e. The number of fused-ring (bicyclic) bond motifs is 3. The highest BCUT2D eigenvalue weighted by molar-refractivity contribution is 9.10. The highest BCUT2D eigenvalue weighted by atomic mass is 79.9. The van der Waals surface area contributed by atoms with Crippen molar-refractivity contribution < 1.29 is 19.1 Å². The molecule has 1 saturated heterocycles. The Morgan fingerprint density at radius 3 is 2.81 bits per heavy atom. The Hall–Kier alpha value is -0.420. The number of rotatable bonds is 1. The minimum atomic E-state index is -0.179. The fourth-order valence-corrected chi connectivity index (χ4v) is 9.09. The van der Waals surface area contributed by atoms with Crippen molar-refractivity contribution in [2.24, 2.45) is 28.6 Å². The molecule has 0 unspecified atom stereocenters. The van der Waals surface area contributed by atoms with Crippen molar-refractivity contribution in [2.45, 2.75) is 81.7 Å². The molecule has 4 aliphatic carbocycles. The van der Waals surface area contributed by atoms with Gasteiger partial charge in [0.2, 0.25) is 0 Å². The third-order valence-electron chi connectivity index (χ3n) is 8.99.